The van der Waals surface area contributed by atoms with E-state index in [1.54, 1.807) is 18.2 Å². The first kappa shape index (κ1) is 35.8. The van der Waals surface area contributed by atoms with Crippen molar-refractivity contribution >= 4 is 15.8 Å². The van der Waals surface area contributed by atoms with Gasteiger partial charge in [0, 0.05) is 5.57 Å². The second-order valence-corrected chi connectivity index (χ2v) is 6.48. The first-order chi connectivity index (χ1) is 14.8. The van der Waals surface area contributed by atoms with Crippen LogP contribution in [-0.4, -0.2) is 14.2 Å². The maximum atomic E-state index is 12.3. The Labute approximate surface area is 192 Å². The summed E-state index contributed by atoms with van der Waals surface area (Å²) in [5.74, 6) is -0.288. The first-order valence-electron chi connectivity index (χ1n) is 10.7. The molecular formula is C26H43NO3S. The molecule has 1 N–H and O–H groups in total. The normalized spacial score (nSPS) is 9.94. The zero-order valence-electron chi connectivity index (χ0n) is 20.7. The molecule has 0 saturated heterocycles. The maximum absolute atomic E-state index is 12.3. The number of allylic oxidation sites excluding steroid dienone is 6. The molecule has 0 unspecified atom stereocenters. The minimum atomic E-state index is -3.77. The second kappa shape index (κ2) is 25.4. The van der Waals surface area contributed by atoms with Crippen molar-refractivity contribution in [1.82, 2.24) is 4.72 Å². The van der Waals surface area contributed by atoms with E-state index in [1.165, 1.54) is 43.4 Å². The number of ketones is 1. The van der Waals surface area contributed by atoms with Crippen LogP contribution in [0.25, 0.3) is 0 Å². The summed E-state index contributed by atoms with van der Waals surface area (Å²) in [6, 6.07) is 7.91. The summed E-state index contributed by atoms with van der Waals surface area (Å²) in [6.07, 6.45) is 8.76. The van der Waals surface area contributed by atoms with Crippen LogP contribution in [-0.2, 0) is 14.8 Å². The standard InChI is InChI=1S/C16H17NO3S.C4H8.3C2H6/c1-4-6-12-16(15(5-2)13(3)18)17-21(19,20)14-10-8-7-9-11-14;1-3-4-2;3*1-2/h4-12,17H,1-2H2,3H3;3H,1,4H2,2H3;3*1-2H3/b12-6-,16-15-;;;;. The summed E-state index contributed by atoms with van der Waals surface area (Å²) in [5.41, 5.74) is 0.342. The van der Waals surface area contributed by atoms with Crippen molar-refractivity contribution in [3.8, 4) is 0 Å². The van der Waals surface area contributed by atoms with Crippen molar-refractivity contribution in [2.45, 2.75) is 66.7 Å². The monoisotopic (exact) mass is 449 g/mol. The SMILES string of the molecule is C=C/C=C\C(NS(=O)(=O)c1ccccc1)=C(/C=C)C(C)=O.C=CCC.CC.CC.CC. The lowest BCUT2D eigenvalue weighted by Gasteiger charge is -2.11. The van der Waals surface area contributed by atoms with E-state index in [1.807, 2.05) is 47.6 Å². The molecule has 5 heteroatoms. The summed E-state index contributed by atoms with van der Waals surface area (Å²) in [7, 11) is -3.77. The lowest BCUT2D eigenvalue weighted by Crippen LogP contribution is -2.24. The maximum Gasteiger partial charge on any atom is 0.261 e. The van der Waals surface area contributed by atoms with E-state index in [-0.39, 0.29) is 21.9 Å². The number of Topliss-reactive ketones (excluding diaryl/α,β-unsaturated/α-hetero) is 1. The Morgan fingerprint density at radius 3 is 1.74 bits per heavy atom. The van der Waals surface area contributed by atoms with Gasteiger partial charge in [0.15, 0.2) is 5.78 Å². The molecular weight excluding hydrogens is 406 g/mol. The van der Waals surface area contributed by atoms with Crippen LogP contribution in [0.4, 0.5) is 0 Å². The number of sulfonamides is 1. The molecule has 0 heterocycles. The van der Waals surface area contributed by atoms with Gasteiger partial charge in [-0.05, 0) is 31.6 Å². The topological polar surface area (TPSA) is 63.2 Å². The molecule has 0 radical (unpaired) electrons. The highest BCUT2D eigenvalue weighted by atomic mass is 32.2. The number of nitrogens with one attached hydrogen (secondary N) is 1. The van der Waals surface area contributed by atoms with E-state index in [0.29, 0.717) is 0 Å². The van der Waals surface area contributed by atoms with Gasteiger partial charge >= 0.3 is 0 Å². The third-order valence-electron chi connectivity index (χ3n) is 2.86. The third-order valence-corrected chi connectivity index (χ3v) is 4.24. The fourth-order valence-electron chi connectivity index (χ4n) is 1.59. The average Bonchev–Trinajstić information content (AvgIpc) is 2.82. The molecule has 176 valence electrons. The Morgan fingerprint density at radius 2 is 1.42 bits per heavy atom. The van der Waals surface area contributed by atoms with Crippen LogP contribution in [0.1, 0.15) is 61.8 Å². The number of rotatable bonds is 8. The molecule has 0 aliphatic rings. The Morgan fingerprint density at radius 1 is 0.968 bits per heavy atom. The van der Waals surface area contributed by atoms with Gasteiger partial charge < -0.3 is 0 Å². The van der Waals surface area contributed by atoms with Gasteiger partial charge in [-0.15, -0.1) is 6.58 Å². The second-order valence-electron chi connectivity index (χ2n) is 4.80. The smallest absolute Gasteiger partial charge is 0.261 e. The van der Waals surface area contributed by atoms with E-state index in [9.17, 15) is 13.2 Å². The molecule has 0 atom stereocenters. The molecule has 0 saturated carbocycles. The lowest BCUT2D eigenvalue weighted by molar-refractivity contribution is -0.113. The lowest BCUT2D eigenvalue weighted by atomic mass is 10.1. The van der Waals surface area contributed by atoms with E-state index in [0.717, 1.165) is 6.42 Å². The third kappa shape index (κ3) is 17.9. The summed E-state index contributed by atoms with van der Waals surface area (Å²) < 4.78 is 27.0. The quantitative estimate of drug-likeness (QED) is 0.255. The predicted molar refractivity (Wildman–Crippen MR) is 139 cm³/mol. The van der Waals surface area contributed by atoms with Gasteiger partial charge in [0.2, 0.25) is 0 Å². The molecule has 0 spiro atoms. The van der Waals surface area contributed by atoms with Gasteiger partial charge in [-0.3, -0.25) is 9.52 Å². The Bertz CT molecular complexity index is 759. The van der Waals surface area contributed by atoms with Gasteiger partial charge in [-0.25, -0.2) is 8.42 Å². The van der Waals surface area contributed by atoms with Crippen LogP contribution in [0.5, 0.6) is 0 Å². The van der Waals surface area contributed by atoms with E-state index in [4.69, 9.17) is 0 Å². The first-order valence-corrected chi connectivity index (χ1v) is 12.2. The molecule has 1 rings (SSSR count). The van der Waals surface area contributed by atoms with Crippen molar-refractivity contribution in [3.63, 3.8) is 0 Å². The van der Waals surface area contributed by atoms with Crippen molar-refractivity contribution in [1.29, 1.82) is 0 Å². The molecule has 0 fully saturated rings. The summed E-state index contributed by atoms with van der Waals surface area (Å²) >= 11 is 0. The zero-order chi connectivity index (χ0) is 25.3. The van der Waals surface area contributed by atoms with E-state index in [2.05, 4.69) is 31.4 Å². The predicted octanol–water partition coefficient (Wildman–Crippen LogP) is 7.40. The molecule has 0 bridgehead atoms. The molecule has 1 aromatic rings. The van der Waals surface area contributed by atoms with Gasteiger partial charge in [0.1, 0.15) is 0 Å². The van der Waals surface area contributed by atoms with Crippen LogP contribution in [0.15, 0.2) is 96.6 Å². The van der Waals surface area contributed by atoms with E-state index < -0.39 is 10.0 Å². The van der Waals surface area contributed by atoms with Crippen molar-refractivity contribution in [3.05, 3.63) is 91.7 Å². The highest BCUT2D eigenvalue weighted by Crippen LogP contribution is 2.13. The van der Waals surface area contributed by atoms with Gasteiger partial charge in [-0.1, -0.05) is 104 Å². The summed E-state index contributed by atoms with van der Waals surface area (Å²) in [4.78, 5) is 11.7. The number of hydrogen-bond acceptors (Lipinski definition) is 3. The fourth-order valence-corrected chi connectivity index (χ4v) is 2.69. The van der Waals surface area contributed by atoms with Crippen LogP contribution in [0, 0.1) is 0 Å². The Hall–Kier alpha value is -2.66. The van der Waals surface area contributed by atoms with Crippen molar-refractivity contribution in [2.75, 3.05) is 0 Å². The van der Waals surface area contributed by atoms with Gasteiger partial charge in [0.05, 0.1) is 10.6 Å². The minimum absolute atomic E-state index is 0.112. The molecule has 31 heavy (non-hydrogen) atoms. The Kier molecular flexibility index (Phi) is 29.3. The Balaban J connectivity index is -0.000000312. The van der Waals surface area contributed by atoms with Crippen molar-refractivity contribution < 1.29 is 13.2 Å². The number of hydrogen-bond donors (Lipinski definition) is 1. The summed E-state index contributed by atoms with van der Waals surface area (Å²) in [6.45, 7) is 25.9. The van der Waals surface area contributed by atoms with Crippen molar-refractivity contribution in [2.24, 2.45) is 0 Å². The fraction of sp³-hybridized carbons (Fsp3) is 0.346. The molecule has 0 amide bonds. The molecule has 4 nitrogen and oxygen atoms in total. The van der Waals surface area contributed by atoms with Gasteiger partial charge in [-0.2, -0.15) is 0 Å². The zero-order valence-corrected chi connectivity index (χ0v) is 21.6. The van der Waals surface area contributed by atoms with Crippen LogP contribution < -0.4 is 4.72 Å². The highest BCUT2D eigenvalue weighted by Gasteiger charge is 2.16. The molecule has 0 aliphatic heterocycles. The number of benzene rings is 1. The average molecular weight is 450 g/mol. The summed E-state index contributed by atoms with van der Waals surface area (Å²) in [5, 5.41) is 0. The number of carbonyl (C=O) groups excluding carboxylic acids is 1. The highest BCUT2D eigenvalue weighted by molar-refractivity contribution is 7.89. The number of carbonyl (C=O) groups is 1. The molecule has 1 aromatic carbocycles. The van der Waals surface area contributed by atoms with Crippen LogP contribution in [0.2, 0.25) is 0 Å². The molecule has 0 aromatic heterocycles. The van der Waals surface area contributed by atoms with E-state index >= 15 is 0 Å². The molecule has 0 aliphatic carbocycles. The van der Waals surface area contributed by atoms with Crippen LogP contribution >= 0.6 is 0 Å². The van der Waals surface area contributed by atoms with Crippen LogP contribution in [0.3, 0.4) is 0 Å². The van der Waals surface area contributed by atoms with Gasteiger partial charge in [0.25, 0.3) is 10.0 Å². The minimum Gasteiger partial charge on any atom is -0.294 e. The largest absolute Gasteiger partial charge is 0.294 e.